The van der Waals surface area contributed by atoms with Gasteiger partial charge in [0.25, 0.3) is 0 Å². The molecule has 9 heteroatoms. The van der Waals surface area contributed by atoms with E-state index in [-0.39, 0.29) is 10.6 Å². The summed E-state index contributed by atoms with van der Waals surface area (Å²) in [6.07, 6.45) is 0. The largest absolute Gasteiger partial charge is 0.497 e. The van der Waals surface area contributed by atoms with Gasteiger partial charge in [-0.15, -0.1) is 0 Å². The number of carbonyl (C=O) groups is 2. The molecule has 0 fully saturated rings. The minimum absolute atomic E-state index is 0.00427. The van der Waals surface area contributed by atoms with Gasteiger partial charge in [-0.2, -0.15) is 0 Å². The summed E-state index contributed by atoms with van der Waals surface area (Å²) in [4.78, 5) is 22.6. The van der Waals surface area contributed by atoms with Gasteiger partial charge in [-0.25, -0.2) is 13.2 Å². The Morgan fingerprint density at radius 1 is 1.33 bits per heavy atom. The average molecular weight is 315 g/mol. The zero-order chi connectivity index (χ0) is 16.2. The molecule has 0 spiro atoms. The van der Waals surface area contributed by atoms with Gasteiger partial charge in [0.15, 0.2) is 9.84 Å². The number of nitrogens with one attached hydrogen (secondary N) is 2. The Bertz CT molecular complexity index is 657. The zero-order valence-corrected chi connectivity index (χ0v) is 12.7. The number of hydrogen-bond donors (Lipinski definition) is 3. The minimum atomic E-state index is -4.05. The standard InChI is InChI=1S/C12H17N3O5S/c1-7(11(16)15-12(17)14-2)21(18,19)10-6-8(20-3)4-5-9(10)13/h4-7H,13H2,1-3H3,(H2,14,15,16,17). The van der Waals surface area contributed by atoms with Crippen LogP contribution in [0.2, 0.25) is 0 Å². The molecule has 0 radical (unpaired) electrons. The van der Waals surface area contributed by atoms with Crippen molar-refractivity contribution in [3.8, 4) is 5.75 Å². The van der Waals surface area contributed by atoms with Crippen molar-refractivity contribution in [2.75, 3.05) is 19.9 Å². The molecule has 4 N–H and O–H groups in total. The van der Waals surface area contributed by atoms with Gasteiger partial charge < -0.3 is 15.8 Å². The average Bonchev–Trinajstić information content (AvgIpc) is 2.46. The SMILES string of the molecule is CNC(=O)NC(=O)C(C)S(=O)(=O)c1cc(OC)ccc1N. The van der Waals surface area contributed by atoms with E-state index in [0.29, 0.717) is 5.75 Å². The minimum Gasteiger partial charge on any atom is -0.497 e. The maximum Gasteiger partial charge on any atom is 0.321 e. The first-order valence-electron chi connectivity index (χ1n) is 5.94. The monoisotopic (exact) mass is 315 g/mol. The summed E-state index contributed by atoms with van der Waals surface area (Å²) in [6.45, 7) is 1.17. The molecule has 0 aliphatic carbocycles. The van der Waals surface area contributed by atoms with Crippen LogP contribution in [0, 0.1) is 0 Å². The van der Waals surface area contributed by atoms with Gasteiger partial charge in [0, 0.05) is 13.1 Å². The van der Waals surface area contributed by atoms with Gasteiger partial charge in [0.05, 0.1) is 17.7 Å². The molecule has 8 nitrogen and oxygen atoms in total. The van der Waals surface area contributed by atoms with Crippen molar-refractivity contribution in [3.05, 3.63) is 18.2 Å². The third-order valence-corrected chi connectivity index (χ3v) is 4.94. The van der Waals surface area contributed by atoms with E-state index in [4.69, 9.17) is 10.5 Å². The predicted molar refractivity (Wildman–Crippen MR) is 76.7 cm³/mol. The number of carbonyl (C=O) groups excluding carboxylic acids is 2. The van der Waals surface area contributed by atoms with Crippen LogP contribution in [0.1, 0.15) is 6.92 Å². The Balaban J connectivity index is 3.16. The van der Waals surface area contributed by atoms with Crippen LogP contribution in [-0.2, 0) is 14.6 Å². The number of rotatable bonds is 4. The summed E-state index contributed by atoms with van der Waals surface area (Å²) in [6, 6.07) is 3.31. The number of urea groups is 1. The van der Waals surface area contributed by atoms with E-state index in [2.05, 4.69) is 5.32 Å². The number of methoxy groups -OCH3 is 1. The van der Waals surface area contributed by atoms with E-state index in [1.807, 2.05) is 5.32 Å². The van der Waals surface area contributed by atoms with E-state index in [1.54, 1.807) is 0 Å². The van der Waals surface area contributed by atoms with E-state index < -0.39 is 27.0 Å². The van der Waals surface area contributed by atoms with Crippen molar-refractivity contribution < 1.29 is 22.7 Å². The van der Waals surface area contributed by atoms with Gasteiger partial charge in [-0.3, -0.25) is 10.1 Å². The molecule has 0 aliphatic rings. The predicted octanol–water partition coefficient (Wildman–Crippen LogP) is -0.105. The fourth-order valence-electron chi connectivity index (χ4n) is 1.50. The molecular weight excluding hydrogens is 298 g/mol. The number of anilines is 1. The van der Waals surface area contributed by atoms with Crippen LogP contribution >= 0.6 is 0 Å². The highest BCUT2D eigenvalue weighted by Crippen LogP contribution is 2.27. The molecule has 1 unspecified atom stereocenters. The molecule has 0 heterocycles. The molecule has 1 aromatic rings. The molecule has 0 bridgehead atoms. The van der Waals surface area contributed by atoms with Crippen molar-refractivity contribution in [1.82, 2.24) is 10.6 Å². The first kappa shape index (κ1) is 16.8. The Kier molecular flexibility index (Phi) is 5.14. The molecule has 0 saturated heterocycles. The van der Waals surface area contributed by atoms with E-state index in [9.17, 15) is 18.0 Å². The summed E-state index contributed by atoms with van der Waals surface area (Å²) < 4.78 is 29.8. The Morgan fingerprint density at radius 3 is 2.48 bits per heavy atom. The molecule has 3 amide bonds. The van der Waals surface area contributed by atoms with E-state index in [0.717, 1.165) is 0 Å². The zero-order valence-electron chi connectivity index (χ0n) is 11.8. The topological polar surface area (TPSA) is 128 Å². The second-order valence-corrected chi connectivity index (χ2v) is 6.40. The lowest BCUT2D eigenvalue weighted by Crippen LogP contribution is -2.44. The fraction of sp³-hybridized carbons (Fsp3) is 0.333. The molecule has 0 aliphatic heterocycles. The fourth-order valence-corrected chi connectivity index (χ4v) is 2.89. The van der Waals surface area contributed by atoms with E-state index >= 15 is 0 Å². The van der Waals surface area contributed by atoms with Gasteiger partial charge >= 0.3 is 6.03 Å². The highest BCUT2D eigenvalue weighted by Gasteiger charge is 2.32. The molecule has 116 valence electrons. The van der Waals surface area contributed by atoms with Crippen molar-refractivity contribution in [2.45, 2.75) is 17.1 Å². The van der Waals surface area contributed by atoms with Crippen LogP contribution in [0.25, 0.3) is 0 Å². The lowest BCUT2D eigenvalue weighted by molar-refractivity contribution is -0.119. The third kappa shape index (κ3) is 3.63. The highest BCUT2D eigenvalue weighted by molar-refractivity contribution is 7.93. The van der Waals surface area contributed by atoms with Crippen LogP contribution < -0.4 is 21.1 Å². The molecular formula is C12H17N3O5S. The molecule has 21 heavy (non-hydrogen) atoms. The van der Waals surface area contributed by atoms with Crippen molar-refractivity contribution in [1.29, 1.82) is 0 Å². The smallest absolute Gasteiger partial charge is 0.321 e. The van der Waals surface area contributed by atoms with Crippen molar-refractivity contribution >= 4 is 27.5 Å². The third-order valence-electron chi connectivity index (χ3n) is 2.83. The van der Waals surface area contributed by atoms with Crippen LogP contribution in [0.3, 0.4) is 0 Å². The molecule has 0 aromatic heterocycles. The van der Waals surface area contributed by atoms with Crippen LogP contribution in [-0.4, -0.2) is 39.8 Å². The van der Waals surface area contributed by atoms with Crippen molar-refractivity contribution in [2.24, 2.45) is 0 Å². The number of benzene rings is 1. The highest BCUT2D eigenvalue weighted by atomic mass is 32.2. The number of amides is 3. The number of hydrogen-bond acceptors (Lipinski definition) is 6. The molecule has 0 saturated carbocycles. The van der Waals surface area contributed by atoms with Gasteiger partial charge in [0.1, 0.15) is 11.0 Å². The Hall–Kier alpha value is -2.29. The summed E-state index contributed by atoms with van der Waals surface area (Å²) in [5, 5.41) is 2.59. The number of nitrogen functional groups attached to an aromatic ring is 1. The van der Waals surface area contributed by atoms with Crippen LogP contribution in [0.4, 0.5) is 10.5 Å². The second-order valence-electron chi connectivity index (χ2n) is 4.16. The van der Waals surface area contributed by atoms with Crippen LogP contribution in [0.5, 0.6) is 5.75 Å². The number of sulfone groups is 1. The van der Waals surface area contributed by atoms with Gasteiger partial charge in [-0.1, -0.05) is 0 Å². The van der Waals surface area contributed by atoms with Gasteiger partial charge in [-0.05, 0) is 19.1 Å². The maximum absolute atomic E-state index is 12.4. The van der Waals surface area contributed by atoms with E-state index in [1.165, 1.54) is 39.3 Å². The normalized spacial score (nSPS) is 12.3. The molecule has 1 atom stereocenters. The van der Waals surface area contributed by atoms with Gasteiger partial charge in [0.2, 0.25) is 5.91 Å². The quantitative estimate of drug-likeness (QED) is 0.665. The summed E-state index contributed by atoms with van der Waals surface area (Å²) in [7, 11) is -1.37. The lowest BCUT2D eigenvalue weighted by Gasteiger charge is -2.14. The number of imide groups is 1. The second kappa shape index (κ2) is 6.44. The number of nitrogens with two attached hydrogens (primary N) is 1. The lowest BCUT2D eigenvalue weighted by atomic mass is 10.3. The van der Waals surface area contributed by atoms with Crippen molar-refractivity contribution in [3.63, 3.8) is 0 Å². The van der Waals surface area contributed by atoms with Crippen LogP contribution in [0.15, 0.2) is 23.1 Å². The maximum atomic E-state index is 12.4. The molecule has 1 aromatic carbocycles. The molecule has 1 rings (SSSR count). The Morgan fingerprint density at radius 2 is 1.95 bits per heavy atom. The first-order valence-corrected chi connectivity index (χ1v) is 7.48. The Labute approximate surface area is 122 Å². The first-order chi connectivity index (χ1) is 9.73. The number of ether oxygens (including phenoxy) is 1. The summed E-state index contributed by atoms with van der Waals surface area (Å²) in [5.41, 5.74) is 5.65. The summed E-state index contributed by atoms with van der Waals surface area (Å²) >= 11 is 0. The summed E-state index contributed by atoms with van der Waals surface area (Å²) in [5.74, 6) is -0.654.